The molecule has 0 saturated heterocycles. The lowest BCUT2D eigenvalue weighted by atomic mass is 10.1. The summed E-state index contributed by atoms with van der Waals surface area (Å²) in [4.78, 5) is 29.5. The fraction of sp³-hybridized carbons (Fsp3) is 0.261. The maximum atomic E-state index is 13.3. The molecule has 1 atom stereocenters. The molecule has 1 heterocycles. The Bertz CT molecular complexity index is 1030. The Morgan fingerprint density at radius 3 is 2.52 bits per heavy atom. The van der Waals surface area contributed by atoms with E-state index in [2.05, 4.69) is 22.4 Å². The fourth-order valence-electron chi connectivity index (χ4n) is 3.16. The Labute approximate surface area is 169 Å². The van der Waals surface area contributed by atoms with Gasteiger partial charge in [0.25, 0.3) is 5.56 Å². The zero-order valence-electron chi connectivity index (χ0n) is 16.6. The molecule has 2 aromatic carbocycles. The van der Waals surface area contributed by atoms with Gasteiger partial charge in [-0.2, -0.15) is 0 Å². The smallest absolute Gasteiger partial charge is 0.254 e. The molecule has 150 valence electrons. The molecule has 1 amide bonds. The van der Waals surface area contributed by atoms with Crippen molar-refractivity contribution in [3.63, 3.8) is 0 Å². The number of nitrogens with one attached hydrogen (secondary N) is 1. The van der Waals surface area contributed by atoms with Crippen LogP contribution in [0.1, 0.15) is 24.6 Å². The molecule has 3 rings (SSSR count). The van der Waals surface area contributed by atoms with Crippen molar-refractivity contribution in [1.82, 2.24) is 14.9 Å². The Morgan fingerprint density at radius 1 is 1.14 bits per heavy atom. The van der Waals surface area contributed by atoms with E-state index in [1.54, 1.807) is 19.1 Å². The summed E-state index contributed by atoms with van der Waals surface area (Å²) in [5.74, 6) is -0.288. The minimum atomic E-state index is -0.375. The second-order valence-electron chi connectivity index (χ2n) is 7.15. The number of carbonyl (C=O) groups excluding carboxylic acids is 1. The van der Waals surface area contributed by atoms with Crippen molar-refractivity contribution in [2.45, 2.75) is 39.3 Å². The molecular weight excluding hydrogens is 369 g/mol. The van der Waals surface area contributed by atoms with Gasteiger partial charge in [-0.3, -0.25) is 14.2 Å². The maximum Gasteiger partial charge on any atom is 0.254 e. The van der Waals surface area contributed by atoms with E-state index in [0.29, 0.717) is 17.1 Å². The van der Waals surface area contributed by atoms with E-state index in [-0.39, 0.29) is 29.9 Å². The predicted octanol–water partition coefficient (Wildman–Crippen LogP) is 3.50. The Morgan fingerprint density at radius 2 is 1.83 bits per heavy atom. The summed E-state index contributed by atoms with van der Waals surface area (Å²) in [6.07, 6.45) is 1.65. The molecule has 0 aliphatic rings. The van der Waals surface area contributed by atoms with Gasteiger partial charge in [0, 0.05) is 23.4 Å². The number of rotatable bonds is 7. The van der Waals surface area contributed by atoms with Crippen LogP contribution < -0.4 is 10.9 Å². The molecule has 6 heteroatoms. The number of nitrogens with zero attached hydrogens (tertiary/aromatic N) is 2. The second-order valence-corrected chi connectivity index (χ2v) is 7.15. The number of benzene rings is 2. The van der Waals surface area contributed by atoms with E-state index in [4.69, 9.17) is 0 Å². The highest BCUT2D eigenvalue weighted by atomic mass is 19.1. The van der Waals surface area contributed by atoms with Gasteiger partial charge in [-0.05, 0) is 56.5 Å². The highest BCUT2D eigenvalue weighted by molar-refractivity contribution is 5.76. The van der Waals surface area contributed by atoms with Crippen LogP contribution >= 0.6 is 0 Å². The third-order valence-corrected chi connectivity index (χ3v) is 4.66. The number of aromatic nitrogens is 2. The van der Waals surface area contributed by atoms with Gasteiger partial charge in [0.05, 0.1) is 0 Å². The van der Waals surface area contributed by atoms with Gasteiger partial charge in [0.2, 0.25) is 5.91 Å². The number of amides is 1. The number of halogens is 1. The molecule has 0 fully saturated rings. The Hall–Kier alpha value is -3.28. The molecule has 5 nitrogen and oxygen atoms in total. The molecule has 0 radical (unpaired) electrons. The lowest BCUT2D eigenvalue weighted by Gasteiger charge is -2.16. The van der Waals surface area contributed by atoms with Crippen LogP contribution in [0.2, 0.25) is 0 Å². The maximum absolute atomic E-state index is 13.3. The fourth-order valence-corrected chi connectivity index (χ4v) is 3.16. The van der Waals surface area contributed by atoms with Crippen LogP contribution in [0.15, 0.2) is 65.5 Å². The monoisotopic (exact) mass is 393 g/mol. The standard InChI is InChI=1S/C23H24FN3O2/c1-16(8-9-18-6-4-3-5-7-18)25-21(28)15-27-22(29)14-17(2)26-23(27)19-10-12-20(24)13-11-19/h3-7,10-14,16H,8-9,15H2,1-2H3,(H,25,28)/t16-/m0/s1. The van der Waals surface area contributed by atoms with Crippen molar-refractivity contribution >= 4 is 5.91 Å². The average Bonchev–Trinajstić information content (AvgIpc) is 2.70. The van der Waals surface area contributed by atoms with Crippen molar-refractivity contribution in [2.24, 2.45) is 0 Å². The molecule has 0 unspecified atom stereocenters. The third kappa shape index (κ3) is 5.60. The van der Waals surface area contributed by atoms with Gasteiger partial charge in [0.15, 0.2) is 0 Å². The van der Waals surface area contributed by atoms with Crippen LogP contribution in [0, 0.1) is 12.7 Å². The van der Waals surface area contributed by atoms with Gasteiger partial charge >= 0.3 is 0 Å². The van der Waals surface area contributed by atoms with E-state index >= 15 is 0 Å². The summed E-state index contributed by atoms with van der Waals surface area (Å²) in [5.41, 5.74) is 2.02. The average molecular weight is 393 g/mol. The van der Waals surface area contributed by atoms with Crippen molar-refractivity contribution in [3.05, 3.63) is 88.1 Å². The van der Waals surface area contributed by atoms with Crippen LogP contribution in [0.3, 0.4) is 0 Å². The summed E-state index contributed by atoms with van der Waals surface area (Å²) in [6.45, 7) is 3.51. The van der Waals surface area contributed by atoms with Crippen LogP contribution in [0.4, 0.5) is 4.39 Å². The molecule has 0 bridgehead atoms. The van der Waals surface area contributed by atoms with E-state index < -0.39 is 0 Å². The Kier molecular flexibility index (Phi) is 6.54. The van der Waals surface area contributed by atoms with Crippen molar-refractivity contribution in [1.29, 1.82) is 0 Å². The van der Waals surface area contributed by atoms with Crippen molar-refractivity contribution in [2.75, 3.05) is 0 Å². The normalized spacial score (nSPS) is 11.8. The second kappa shape index (κ2) is 9.28. The molecule has 29 heavy (non-hydrogen) atoms. The molecule has 0 saturated carbocycles. The van der Waals surface area contributed by atoms with E-state index in [1.807, 2.05) is 25.1 Å². The third-order valence-electron chi connectivity index (χ3n) is 4.66. The predicted molar refractivity (Wildman–Crippen MR) is 111 cm³/mol. The zero-order chi connectivity index (χ0) is 20.8. The van der Waals surface area contributed by atoms with Gasteiger partial charge in [-0.1, -0.05) is 30.3 Å². The highest BCUT2D eigenvalue weighted by Gasteiger charge is 2.15. The lowest BCUT2D eigenvalue weighted by Crippen LogP contribution is -2.38. The van der Waals surface area contributed by atoms with E-state index in [9.17, 15) is 14.0 Å². The quantitative estimate of drug-likeness (QED) is 0.668. The molecular formula is C23H24FN3O2. The summed E-state index contributed by atoms with van der Waals surface area (Å²) in [5, 5.41) is 2.94. The highest BCUT2D eigenvalue weighted by Crippen LogP contribution is 2.17. The molecule has 0 aliphatic carbocycles. The first-order valence-corrected chi connectivity index (χ1v) is 9.60. The first kappa shape index (κ1) is 20.5. The van der Waals surface area contributed by atoms with Gasteiger partial charge in [0.1, 0.15) is 18.2 Å². The van der Waals surface area contributed by atoms with Crippen LogP contribution in [0.5, 0.6) is 0 Å². The summed E-state index contributed by atoms with van der Waals surface area (Å²) in [6, 6.07) is 17.1. The van der Waals surface area contributed by atoms with Crippen molar-refractivity contribution in [3.8, 4) is 11.4 Å². The summed E-state index contributed by atoms with van der Waals surface area (Å²) >= 11 is 0. The first-order chi connectivity index (χ1) is 13.9. The molecule has 1 aromatic heterocycles. The summed E-state index contributed by atoms with van der Waals surface area (Å²) < 4.78 is 14.6. The SMILES string of the molecule is Cc1cc(=O)n(CC(=O)N[C@@H](C)CCc2ccccc2)c(-c2ccc(F)cc2)n1. The first-order valence-electron chi connectivity index (χ1n) is 9.60. The van der Waals surface area contributed by atoms with E-state index in [0.717, 1.165) is 12.8 Å². The number of hydrogen-bond donors (Lipinski definition) is 1. The van der Waals surface area contributed by atoms with Crippen LogP contribution in [0.25, 0.3) is 11.4 Å². The molecule has 1 N–H and O–H groups in total. The number of hydrogen-bond acceptors (Lipinski definition) is 3. The van der Waals surface area contributed by atoms with Crippen LogP contribution in [-0.2, 0) is 17.8 Å². The van der Waals surface area contributed by atoms with Crippen molar-refractivity contribution < 1.29 is 9.18 Å². The largest absolute Gasteiger partial charge is 0.352 e. The minimum absolute atomic E-state index is 0.0360. The topological polar surface area (TPSA) is 64.0 Å². The molecule has 0 aliphatic heterocycles. The van der Waals surface area contributed by atoms with Gasteiger partial charge in [-0.25, -0.2) is 9.37 Å². The minimum Gasteiger partial charge on any atom is -0.352 e. The molecule has 0 spiro atoms. The summed E-state index contributed by atoms with van der Waals surface area (Å²) in [7, 11) is 0. The van der Waals surface area contributed by atoms with Gasteiger partial charge < -0.3 is 5.32 Å². The van der Waals surface area contributed by atoms with E-state index in [1.165, 1.54) is 28.3 Å². The lowest BCUT2D eigenvalue weighted by molar-refractivity contribution is -0.122. The Balaban J connectivity index is 1.71. The van der Waals surface area contributed by atoms with Gasteiger partial charge in [-0.15, -0.1) is 0 Å². The number of aryl methyl sites for hydroxylation is 2. The zero-order valence-corrected chi connectivity index (χ0v) is 16.6. The number of carbonyl (C=O) groups is 1. The molecule has 3 aromatic rings. The van der Waals surface area contributed by atoms with Crippen LogP contribution in [-0.4, -0.2) is 21.5 Å².